The first-order chi connectivity index (χ1) is 17.0. The molecule has 0 spiro atoms. The number of fused-ring (bicyclic) bond motifs is 1. The van der Waals surface area contributed by atoms with Crippen LogP contribution in [0.15, 0.2) is 66.7 Å². The number of carboxylic acids is 1. The molecular weight excluding hydrogens is 440 g/mol. The molecule has 0 radical (unpaired) electrons. The molecule has 0 unspecified atom stereocenters. The van der Waals surface area contributed by atoms with Gasteiger partial charge in [-0.25, -0.2) is 0 Å². The summed E-state index contributed by atoms with van der Waals surface area (Å²) in [4.78, 5) is 26.2. The van der Waals surface area contributed by atoms with E-state index in [2.05, 4.69) is 42.5 Å². The summed E-state index contributed by atoms with van der Waals surface area (Å²) in [7, 11) is 0. The van der Waals surface area contributed by atoms with Gasteiger partial charge in [-0.05, 0) is 72.7 Å². The van der Waals surface area contributed by atoms with E-state index < -0.39 is 11.9 Å². The Hall–Kier alpha value is -3.38. The molecule has 1 aliphatic heterocycles. The summed E-state index contributed by atoms with van der Waals surface area (Å²) in [6, 6.07) is 22.5. The lowest BCUT2D eigenvalue weighted by Gasteiger charge is -2.25. The number of aryl methyl sites for hydroxylation is 1. The summed E-state index contributed by atoms with van der Waals surface area (Å²) >= 11 is 0. The van der Waals surface area contributed by atoms with Crippen LogP contribution >= 0.6 is 0 Å². The van der Waals surface area contributed by atoms with E-state index in [0.717, 1.165) is 30.6 Å². The largest absolute Gasteiger partial charge is 0.491 e. The standard InChI is InChI=1S/C29H34N2O4/c30-15-4-3-5-21-9-12-27(13-10-21)35-20-26-18-25(19-28(32)33)29(34)31(26)16-14-22-8-11-23-6-1-2-7-24(23)17-22/h1-2,6-13,17,25-26H,3-5,14-16,18-20,30H2,(H,32,33)/t25-,26-/m0/s1. The summed E-state index contributed by atoms with van der Waals surface area (Å²) in [6.07, 6.45) is 4.15. The molecule has 6 nitrogen and oxygen atoms in total. The third-order valence-electron chi connectivity index (χ3n) is 6.79. The molecule has 1 heterocycles. The molecule has 3 aromatic rings. The molecule has 184 valence electrons. The molecule has 6 heteroatoms. The molecule has 0 bridgehead atoms. The van der Waals surface area contributed by atoms with Crippen molar-refractivity contribution in [3.63, 3.8) is 0 Å². The van der Waals surface area contributed by atoms with E-state index in [0.29, 0.717) is 32.5 Å². The monoisotopic (exact) mass is 474 g/mol. The van der Waals surface area contributed by atoms with Gasteiger partial charge in [0, 0.05) is 6.54 Å². The van der Waals surface area contributed by atoms with Crippen molar-refractivity contribution in [3.05, 3.63) is 77.9 Å². The first-order valence-corrected chi connectivity index (χ1v) is 12.5. The number of unbranched alkanes of at least 4 members (excludes halogenated alkanes) is 1. The lowest BCUT2D eigenvalue weighted by atomic mass is 10.0. The van der Waals surface area contributed by atoms with Gasteiger partial charge in [-0.1, -0.05) is 54.6 Å². The van der Waals surface area contributed by atoms with E-state index in [-0.39, 0.29) is 18.4 Å². The van der Waals surface area contributed by atoms with Crippen LogP contribution in [0.2, 0.25) is 0 Å². The molecule has 1 fully saturated rings. The zero-order valence-corrected chi connectivity index (χ0v) is 20.1. The predicted octanol–water partition coefficient (Wildman–Crippen LogP) is 4.43. The SMILES string of the molecule is NCCCCc1ccc(OC[C@@H]2C[C@@H](CC(=O)O)C(=O)N2CCc2ccc3ccccc3c2)cc1. The zero-order chi connectivity index (χ0) is 24.6. The number of rotatable bonds is 12. The maximum atomic E-state index is 13.1. The van der Waals surface area contributed by atoms with Gasteiger partial charge in [0.2, 0.25) is 5.91 Å². The Morgan fingerprint density at radius 2 is 1.71 bits per heavy atom. The Kier molecular flexibility index (Phi) is 8.37. The van der Waals surface area contributed by atoms with E-state index in [1.165, 1.54) is 16.3 Å². The normalized spacial score (nSPS) is 17.7. The van der Waals surface area contributed by atoms with Crippen molar-refractivity contribution in [2.45, 2.75) is 44.6 Å². The Labute approximate surface area is 206 Å². The molecule has 35 heavy (non-hydrogen) atoms. The Morgan fingerprint density at radius 1 is 0.971 bits per heavy atom. The van der Waals surface area contributed by atoms with Crippen LogP contribution in [0, 0.1) is 5.92 Å². The van der Waals surface area contributed by atoms with Gasteiger partial charge in [0.15, 0.2) is 0 Å². The van der Waals surface area contributed by atoms with Crippen LogP contribution < -0.4 is 10.5 Å². The van der Waals surface area contributed by atoms with E-state index >= 15 is 0 Å². The minimum absolute atomic E-state index is 0.0861. The topological polar surface area (TPSA) is 92.9 Å². The van der Waals surface area contributed by atoms with Gasteiger partial charge >= 0.3 is 5.97 Å². The number of likely N-dealkylation sites (tertiary alicyclic amines) is 1. The summed E-state index contributed by atoms with van der Waals surface area (Å²) < 4.78 is 6.05. The number of hydrogen-bond donors (Lipinski definition) is 2. The number of nitrogens with zero attached hydrogens (tertiary/aromatic N) is 1. The molecule has 3 aromatic carbocycles. The molecule has 0 aliphatic carbocycles. The molecule has 1 saturated heterocycles. The Balaban J connectivity index is 1.39. The van der Waals surface area contributed by atoms with Crippen molar-refractivity contribution in [1.82, 2.24) is 4.90 Å². The van der Waals surface area contributed by atoms with Crippen molar-refractivity contribution in [3.8, 4) is 5.75 Å². The van der Waals surface area contributed by atoms with E-state index in [1.807, 2.05) is 29.2 Å². The first kappa shape index (κ1) is 24.7. The summed E-state index contributed by atoms with van der Waals surface area (Å²) in [5.74, 6) is -0.763. The number of amides is 1. The van der Waals surface area contributed by atoms with Gasteiger partial charge in [-0.15, -0.1) is 0 Å². The maximum Gasteiger partial charge on any atom is 0.304 e. The van der Waals surface area contributed by atoms with Crippen molar-refractivity contribution in [1.29, 1.82) is 0 Å². The lowest BCUT2D eigenvalue weighted by Crippen LogP contribution is -2.39. The Bertz CT molecular complexity index is 1140. The zero-order valence-electron chi connectivity index (χ0n) is 20.1. The quantitative estimate of drug-likeness (QED) is 0.379. The third-order valence-corrected chi connectivity index (χ3v) is 6.79. The van der Waals surface area contributed by atoms with Crippen molar-refractivity contribution < 1.29 is 19.4 Å². The summed E-state index contributed by atoms with van der Waals surface area (Å²) in [5, 5.41) is 11.6. The van der Waals surface area contributed by atoms with Crippen LogP contribution in [0.5, 0.6) is 5.75 Å². The minimum Gasteiger partial charge on any atom is -0.491 e. The minimum atomic E-state index is -0.940. The number of carbonyl (C=O) groups is 2. The number of carbonyl (C=O) groups excluding carboxylic acids is 1. The molecule has 1 amide bonds. The predicted molar refractivity (Wildman–Crippen MR) is 137 cm³/mol. The molecule has 2 atom stereocenters. The first-order valence-electron chi connectivity index (χ1n) is 12.5. The van der Waals surface area contributed by atoms with Crippen LogP contribution in [-0.4, -0.2) is 47.6 Å². The fourth-order valence-corrected chi connectivity index (χ4v) is 4.87. The number of ether oxygens (including phenoxy) is 1. The molecule has 3 N–H and O–H groups in total. The average molecular weight is 475 g/mol. The lowest BCUT2D eigenvalue weighted by molar-refractivity contribution is -0.142. The van der Waals surface area contributed by atoms with Gasteiger partial charge in [0.05, 0.1) is 18.4 Å². The van der Waals surface area contributed by atoms with Gasteiger partial charge in [0.1, 0.15) is 12.4 Å². The highest BCUT2D eigenvalue weighted by Crippen LogP contribution is 2.29. The maximum absolute atomic E-state index is 13.1. The summed E-state index contributed by atoms with van der Waals surface area (Å²) in [5.41, 5.74) is 7.98. The number of nitrogens with two attached hydrogens (primary N) is 1. The van der Waals surface area contributed by atoms with Gasteiger partial charge in [-0.2, -0.15) is 0 Å². The van der Waals surface area contributed by atoms with E-state index in [1.54, 1.807) is 0 Å². The van der Waals surface area contributed by atoms with Gasteiger partial charge in [0.25, 0.3) is 0 Å². The number of carboxylic acid groups (broad SMARTS) is 1. The van der Waals surface area contributed by atoms with Crippen LogP contribution in [-0.2, 0) is 22.4 Å². The van der Waals surface area contributed by atoms with E-state index in [9.17, 15) is 14.7 Å². The van der Waals surface area contributed by atoms with E-state index in [4.69, 9.17) is 10.5 Å². The Morgan fingerprint density at radius 3 is 2.46 bits per heavy atom. The number of aliphatic carboxylic acids is 1. The fourth-order valence-electron chi connectivity index (χ4n) is 4.87. The van der Waals surface area contributed by atoms with Crippen molar-refractivity contribution >= 4 is 22.6 Å². The van der Waals surface area contributed by atoms with Crippen LogP contribution in [0.4, 0.5) is 0 Å². The highest BCUT2D eigenvalue weighted by atomic mass is 16.5. The molecule has 0 saturated carbocycles. The smallest absolute Gasteiger partial charge is 0.304 e. The van der Waals surface area contributed by atoms with Gasteiger partial charge in [-0.3, -0.25) is 9.59 Å². The highest BCUT2D eigenvalue weighted by Gasteiger charge is 2.40. The van der Waals surface area contributed by atoms with Crippen molar-refractivity contribution in [2.75, 3.05) is 19.7 Å². The molecule has 1 aliphatic rings. The summed E-state index contributed by atoms with van der Waals surface area (Å²) in [6.45, 7) is 1.61. The molecule has 0 aromatic heterocycles. The number of hydrogen-bond acceptors (Lipinski definition) is 4. The molecule has 4 rings (SSSR count). The van der Waals surface area contributed by atoms with Gasteiger partial charge < -0.3 is 20.5 Å². The second-order valence-electron chi connectivity index (χ2n) is 9.35. The van der Waals surface area contributed by atoms with Crippen molar-refractivity contribution in [2.24, 2.45) is 11.7 Å². The second-order valence-corrected chi connectivity index (χ2v) is 9.35. The average Bonchev–Trinajstić information content (AvgIpc) is 3.15. The fraction of sp³-hybridized carbons (Fsp3) is 0.379. The molecular formula is C29H34N2O4. The highest BCUT2D eigenvalue weighted by molar-refractivity contribution is 5.85. The van der Waals surface area contributed by atoms with Crippen LogP contribution in [0.25, 0.3) is 10.8 Å². The van der Waals surface area contributed by atoms with Crippen LogP contribution in [0.3, 0.4) is 0 Å². The third kappa shape index (κ3) is 6.61. The number of benzene rings is 3. The van der Waals surface area contributed by atoms with Crippen LogP contribution in [0.1, 0.15) is 36.8 Å². The second kappa shape index (κ2) is 11.8.